The van der Waals surface area contributed by atoms with Gasteiger partial charge in [-0.2, -0.15) is 5.10 Å². The van der Waals surface area contributed by atoms with Crippen LogP contribution in [0, 0.1) is 6.92 Å². The standard InChI is InChI=1S/C9H11N5/c1-6-5-8(10)12-9(11-6)7-3-4-14(2)13-7/h3-5H,1-2H3,(H2,10,11,12). The Morgan fingerprint density at radius 3 is 2.71 bits per heavy atom. The summed E-state index contributed by atoms with van der Waals surface area (Å²) < 4.78 is 1.71. The lowest BCUT2D eigenvalue weighted by atomic mass is 10.3. The third-order valence-corrected chi connectivity index (χ3v) is 1.82. The maximum Gasteiger partial charge on any atom is 0.182 e. The fourth-order valence-corrected chi connectivity index (χ4v) is 1.24. The van der Waals surface area contributed by atoms with Crippen LogP contribution in [0.15, 0.2) is 18.3 Å². The first-order chi connectivity index (χ1) is 6.65. The fourth-order valence-electron chi connectivity index (χ4n) is 1.24. The van der Waals surface area contributed by atoms with Gasteiger partial charge in [0.25, 0.3) is 0 Å². The van der Waals surface area contributed by atoms with E-state index in [9.17, 15) is 0 Å². The van der Waals surface area contributed by atoms with E-state index in [1.54, 1.807) is 10.7 Å². The number of nitrogens with zero attached hydrogens (tertiary/aromatic N) is 4. The molecule has 0 saturated carbocycles. The average Bonchev–Trinajstić information content (AvgIpc) is 2.50. The predicted molar refractivity (Wildman–Crippen MR) is 53.4 cm³/mol. The van der Waals surface area contributed by atoms with Crippen LogP contribution in [0.2, 0.25) is 0 Å². The minimum Gasteiger partial charge on any atom is -0.384 e. The lowest BCUT2D eigenvalue weighted by Crippen LogP contribution is -1.98. The molecule has 0 radical (unpaired) electrons. The van der Waals surface area contributed by atoms with Gasteiger partial charge >= 0.3 is 0 Å². The number of aryl methyl sites for hydroxylation is 2. The van der Waals surface area contributed by atoms with E-state index in [2.05, 4.69) is 15.1 Å². The molecule has 0 aliphatic carbocycles. The van der Waals surface area contributed by atoms with Crippen molar-refractivity contribution in [3.63, 3.8) is 0 Å². The second kappa shape index (κ2) is 3.10. The van der Waals surface area contributed by atoms with Gasteiger partial charge in [-0.25, -0.2) is 9.97 Å². The summed E-state index contributed by atoms with van der Waals surface area (Å²) in [5, 5.41) is 4.20. The van der Waals surface area contributed by atoms with Gasteiger partial charge in [-0.1, -0.05) is 0 Å². The molecule has 0 aromatic carbocycles. The van der Waals surface area contributed by atoms with Gasteiger partial charge in [-0.15, -0.1) is 0 Å². The first-order valence-electron chi connectivity index (χ1n) is 4.26. The van der Waals surface area contributed by atoms with Gasteiger partial charge in [0.05, 0.1) is 0 Å². The normalized spacial score (nSPS) is 10.4. The van der Waals surface area contributed by atoms with Gasteiger partial charge in [0, 0.05) is 25.0 Å². The number of hydrogen-bond acceptors (Lipinski definition) is 4. The summed E-state index contributed by atoms with van der Waals surface area (Å²) in [6, 6.07) is 3.58. The Hall–Kier alpha value is -1.91. The molecule has 5 nitrogen and oxygen atoms in total. The minimum atomic E-state index is 0.471. The van der Waals surface area contributed by atoms with Gasteiger partial charge in [0.2, 0.25) is 0 Å². The molecule has 2 N–H and O–H groups in total. The molecule has 0 saturated heterocycles. The van der Waals surface area contributed by atoms with Crippen molar-refractivity contribution in [3.05, 3.63) is 24.0 Å². The number of anilines is 1. The monoisotopic (exact) mass is 189 g/mol. The topological polar surface area (TPSA) is 69.6 Å². The van der Waals surface area contributed by atoms with E-state index < -0.39 is 0 Å². The summed E-state index contributed by atoms with van der Waals surface area (Å²) >= 11 is 0. The summed E-state index contributed by atoms with van der Waals surface area (Å²) in [4.78, 5) is 8.36. The number of nitrogen functional groups attached to an aromatic ring is 1. The second-order valence-corrected chi connectivity index (χ2v) is 3.13. The smallest absolute Gasteiger partial charge is 0.182 e. The van der Waals surface area contributed by atoms with Gasteiger partial charge in [-0.3, -0.25) is 4.68 Å². The van der Waals surface area contributed by atoms with Gasteiger partial charge in [-0.05, 0) is 13.0 Å². The zero-order valence-corrected chi connectivity index (χ0v) is 8.10. The molecule has 0 amide bonds. The molecule has 72 valence electrons. The Labute approximate surface area is 81.6 Å². The summed E-state index contributed by atoms with van der Waals surface area (Å²) in [6.07, 6.45) is 1.84. The molecule has 0 fully saturated rings. The largest absolute Gasteiger partial charge is 0.384 e. The highest BCUT2D eigenvalue weighted by Crippen LogP contribution is 2.13. The first-order valence-corrected chi connectivity index (χ1v) is 4.26. The summed E-state index contributed by atoms with van der Waals surface area (Å²) in [6.45, 7) is 1.88. The number of hydrogen-bond donors (Lipinski definition) is 1. The maximum atomic E-state index is 5.62. The van der Waals surface area contributed by atoms with Crippen LogP contribution in [-0.4, -0.2) is 19.7 Å². The van der Waals surface area contributed by atoms with Crippen LogP contribution in [0.5, 0.6) is 0 Å². The van der Waals surface area contributed by atoms with Crippen LogP contribution < -0.4 is 5.73 Å². The number of nitrogens with two attached hydrogens (primary N) is 1. The van der Waals surface area contributed by atoms with Crippen LogP contribution in [0.1, 0.15) is 5.69 Å². The van der Waals surface area contributed by atoms with Crippen LogP contribution in [-0.2, 0) is 7.05 Å². The molecule has 2 rings (SSSR count). The van der Waals surface area contributed by atoms with E-state index in [0.717, 1.165) is 11.4 Å². The summed E-state index contributed by atoms with van der Waals surface area (Å²) in [5.74, 6) is 1.04. The van der Waals surface area contributed by atoms with Crippen molar-refractivity contribution in [2.24, 2.45) is 7.05 Å². The van der Waals surface area contributed by atoms with Gasteiger partial charge < -0.3 is 5.73 Å². The maximum absolute atomic E-state index is 5.62. The summed E-state index contributed by atoms with van der Waals surface area (Å²) in [7, 11) is 1.85. The SMILES string of the molecule is Cc1cc(N)nc(-c2ccn(C)n2)n1. The summed E-state index contributed by atoms with van der Waals surface area (Å²) in [5.41, 5.74) is 7.20. The molecule has 0 spiro atoms. The molecule has 0 bridgehead atoms. The second-order valence-electron chi connectivity index (χ2n) is 3.13. The van der Waals surface area contributed by atoms with Crippen LogP contribution in [0.25, 0.3) is 11.5 Å². The van der Waals surface area contributed by atoms with E-state index in [4.69, 9.17) is 5.73 Å². The molecule has 0 aliphatic heterocycles. The average molecular weight is 189 g/mol. The quantitative estimate of drug-likeness (QED) is 0.719. The van der Waals surface area contributed by atoms with Crippen molar-refractivity contribution >= 4 is 5.82 Å². The van der Waals surface area contributed by atoms with Crippen LogP contribution in [0.4, 0.5) is 5.82 Å². The van der Waals surface area contributed by atoms with Crippen molar-refractivity contribution in [2.75, 3.05) is 5.73 Å². The van der Waals surface area contributed by atoms with Crippen molar-refractivity contribution < 1.29 is 0 Å². The Morgan fingerprint density at radius 1 is 1.36 bits per heavy atom. The zero-order valence-electron chi connectivity index (χ0n) is 8.10. The molecular formula is C9H11N5. The third kappa shape index (κ3) is 1.56. The molecule has 2 aromatic heterocycles. The van der Waals surface area contributed by atoms with Crippen molar-refractivity contribution in [1.82, 2.24) is 19.7 Å². The number of rotatable bonds is 1. The Bertz CT molecular complexity index is 440. The van der Waals surface area contributed by atoms with Gasteiger partial charge in [0.1, 0.15) is 11.5 Å². The lowest BCUT2D eigenvalue weighted by molar-refractivity contribution is 0.768. The fraction of sp³-hybridized carbons (Fsp3) is 0.222. The van der Waals surface area contributed by atoms with E-state index in [1.165, 1.54) is 0 Å². The van der Waals surface area contributed by atoms with Crippen molar-refractivity contribution in [1.29, 1.82) is 0 Å². The molecule has 14 heavy (non-hydrogen) atoms. The number of aromatic nitrogens is 4. The van der Waals surface area contributed by atoms with E-state index >= 15 is 0 Å². The Morgan fingerprint density at radius 2 is 2.14 bits per heavy atom. The highest BCUT2D eigenvalue weighted by atomic mass is 15.3. The van der Waals surface area contributed by atoms with Crippen molar-refractivity contribution in [2.45, 2.75) is 6.92 Å². The van der Waals surface area contributed by atoms with Crippen LogP contribution >= 0.6 is 0 Å². The van der Waals surface area contributed by atoms with Crippen LogP contribution in [0.3, 0.4) is 0 Å². The van der Waals surface area contributed by atoms with E-state index in [0.29, 0.717) is 11.6 Å². The molecule has 5 heteroatoms. The lowest BCUT2D eigenvalue weighted by Gasteiger charge is -1.99. The molecule has 0 atom stereocenters. The molecule has 2 heterocycles. The first kappa shape index (κ1) is 8.68. The van der Waals surface area contributed by atoms with Gasteiger partial charge in [0.15, 0.2) is 5.82 Å². The highest BCUT2D eigenvalue weighted by molar-refractivity contribution is 5.51. The predicted octanol–water partition coefficient (Wildman–Crippen LogP) is 0.768. The van der Waals surface area contributed by atoms with E-state index in [-0.39, 0.29) is 0 Å². The Balaban J connectivity index is 2.51. The molecule has 0 aliphatic rings. The zero-order chi connectivity index (χ0) is 10.1. The minimum absolute atomic E-state index is 0.471. The van der Waals surface area contributed by atoms with E-state index in [1.807, 2.05) is 26.2 Å². The molecule has 2 aromatic rings. The highest BCUT2D eigenvalue weighted by Gasteiger charge is 2.05. The molecular weight excluding hydrogens is 178 g/mol. The Kier molecular flexibility index (Phi) is 1.92. The third-order valence-electron chi connectivity index (χ3n) is 1.82. The molecule has 0 unspecified atom stereocenters. The van der Waals surface area contributed by atoms with Crippen molar-refractivity contribution in [3.8, 4) is 11.5 Å².